The molecule has 1 saturated carbocycles. The van der Waals surface area contributed by atoms with Gasteiger partial charge in [0.15, 0.2) is 5.94 Å². The van der Waals surface area contributed by atoms with E-state index < -0.39 is 5.60 Å². The summed E-state index contributed by atoms with van der Waals surface area (Å²) in [7, 11) is 0. The first-order valence-corrected chi connectivity index (χ1v) is 11.2. The number of allylic oxidation sites excluding steroid dienone is 5. The summed E-state index contributed by atoms with van der Waals surface area (Å²) in [4.78, 5) is 20.6. The molecule has 0 bridgehead atoms. The second-order valence-corrected chi connectivity index (χ2v) is 9.08. The minimum absolute atomic E-state index is 0.318. The molecule has 0 aromatic rings. The molecule has 1 saturated heterocycles. The van der Waals surface area contributed by atoms with Crippen LogP contribution in [0.1, 0.15) is 67.7 Å². The maximum absolute atomic E-state index is 11.4. The van der Waals surface area contributed by atoms with Gasteiger partial charge in [0.1, 0.15) is 5.60 Å². The summed E-state index contributed by atoms with van der Waals surface area (Å²) in [5, 5.41) is 0. The van der Waals surface area contributed by atoms with Gasteiger partial charge in [-0.1, -0.05) is 19.1 Å². The molecule has 0 radical (unpaired) electrons. The Bertz CT molecular complexity index is 765. The summed E-state index contributed by atoms with van der Waals surface area (Å²) in [5.74, 6) is 2.97. The number of ether oxygens (including phenoxy) is 1. The number of nitrogens with zero attached hydrogens (tertiary/aromatic N) is 3. The van der Waals surface area contributed by atoms with E-state index >= 15 is 0 Å². The fraction of sp³-hybridized carbons (Fsp3) is 0.640. The Kier molecular flexibility index (Phi) is 8.54. The number of piperazine rings is 1. The van der Waals surface area contributed by atoms with Crippen LogP contribution in [-0.2, 0) is 9.53 Å². The van der Waals surface area contributed by atoms with Crippen molar-refractivity contribution in [3.63, 3.8) is 0 Å². The molecule has 1 aliphatic carbocycles. The van der Waals surface area contributed by atoms with E-state index in [0.717, 1.165) is 38.3 Å². The minimum Gasteiger partial charge on any atom is -0.465 e. The van der Waals surface area contributed by atoms with Crippen LogP contribution in [0.4, 0.5) is 0 Å². The highest BCUT2D eigenvalue weighted by Gasteiger charge is 2.31. The Morgan fingerprint density at radius 2 is 1.73 bits per heavy atom. The molecular formula is C25H39N3O2. The number of hydrogen-bond acceptors (Lipinski definition) is 5. The minimum atomic E-state index is -0.405. The van der Waals surface area contributed by atoms with Crippen LogP contribution in [0.3, 0.4) is 0 Å². The van der Waals surface area contributed by atoms with Gasteiger partial charge in [0.25, 0.3) is 5.88 Å². The van der Waals surface area contributed by atoms with Crippen LogP contribution in [-0.4, -0.2) is 53.2 Å². The molecule has 0 spiro atoms. The normalized spacial score (nSPS) is 19.7. The molecule has 0 amide bonds. The van der Waals surface area contributed by atoms with Gasteiger partial charge in [-0.2, -0.15) is 0 Å². The highest BCUT2D eigenvalue weighted by atomic mass is 16.5. The summed E-state index contributed by atoms with van der Waals surface area (Å²) in [6.07, 6.45) is 9.79. The molecule has 2 rings (SSSR count). The van der Waals surface area contributed by atoms with Gasteiger partial charge in [-0.15, -0.1) is 0 Å². The predicted molar refractivity (Wildman–Crippen MR) is 125 cm³/mol. The van der Waals surface area contributed by atoms with Crippen LogP contribution in [0, 0.1) is 5.92 Å². The molecular weight excluding hydrogens is 374 g/mol. The van der Waals surface area contributed by atoms with Crippen molar-refractivity contribution in [2.24, 2.45) is 10.9 Å². The van der Waals surface area contributed by atoms with Crippen molar-refractivity contribution in [1.29, 1.82) is 0 Å². The van der Waals surface area contributed by atoms with E-state index in [1.807, 2.05) is 37.8 Å². The van der Waals surface area contributed by atoms with E-state index in [0.29, 0.717) is 11.8 Å². The lowest BCUT2D eigenvalue weighted by molar-refractivity contribution is -0.00496. The third-order valence-corrected chi connectivity index (χ3v) is 5.48. The maximum atomic E-state index is 11.4. The van der Waals surface area contributed by atoms with Crippen molar-refractivity contribution in [1.82, 2.24) is 9.80 Å². The fourth-order valence-corrected chi connectivity index (χ4v) is 3.84. The Morgan fingerprint density at radius 3 is 2.20 bits per heavy atom. The average molecular weight is 414 g/mol. The van der Waals surface area contributed by atoms with Crippen LogP contribution in [0.2, 0.25) is 0 Å². The molecule has 2 aliphatic rings. The molecule has 5 nitrogen and oxygen atoms in total. The smallest absolute Gasteiger partial charge is 0.278 e. The number of carbonyl (C=O) groups excluding carboxylic acids is 1. The van der Waals surface area contributed by atoms with Crippen LogP contribution in [0.15, 0.2) is 46.1 Å². The van der Waals surface area contributed by atoms with Gasteiger partial charge in [-0.25, -0.2) is 4.79 Å². The highest BCUT2D eigenvalue weighted by Crippen LogP contribution is 2.41. The molecule has 2 fully saturated rings. The number of hydrogen-bond donors (Lipinski definition) is 0. The molecule has 0 aromatic carbocycles. The SMILES string of the molecule is C\C=C(C(/C(C)=N/C=C/CC)=C(/C)N1CCN(C(=C=O)OC(C)(C)C)CC1)\C1CC1. The lowest BCUT2D eigenvalue weighted by Crippen LogP contribution is -2.46. The van der Waals surface area contributed by atoms with E-state index in [-0.39, 0.29) is 0 Å². The molecule has 1 aliphatic heterocycles. The topological polar surface area (TPSA) is 45.1 Å². The third-order valence-electron chi connectivity index (χ3n) is 5.48. The van der Waals surface area contributed by atoms with Gasteiger partial charge in [0.2, 0.25) is 0 Å². The van der Waals surface area contributed by atoms with Crippen molar-refractivity contribution >= 4 is 11.7 Å². The monoisotopic (exact) mass is 413 g/mol. The lowest BCUT2D eigenvalue weighted by Gasteiger charge is -2.39. The molecule has 30 heavy (non-hydrogen) atoms. The zero-order valence-electron chi connectivity index (χ0n) is 19.9. The van der Waals surface area contributed by atoms with Crippen molar-refractivity contribution in [3.8, 4) is 0 Å². The van der Waals surface area contributed by atoms with E-state index in [2.05, 4.69) is 44.7 Å². The van der Waals surface area contributed by atoms with Crippen molar-refractivity contribution in [3.05, 3.63) is 41.1 Å². The molecule has 5 heteroatoms. The van der Waals surface area contributed by atoms with Crippen molar-refractivity contribution in [2.75, 3.05) is 26.2 Å². The summed E-state index contributed by atoms with van der Waals surface area (Å²) in [6.45, 7) is 17.6. The maximum Gasteiger partial charge on any atom is 0.278 e. The Morgan fingerprint density at radius 1 is 1.13 bits per heavy atom. The van der Waals surface area contributed by atoms with Gasteiger partial charge in [-0.3, -0.25) is 4.99 Å². The van der Waals surface area contributed by atoms with Crippen LogP contribution in [0.5, 0.6) is 0 Å². The molecule has 166 valence electrons. The summed E-state index contributed by atoms with van der Waals surface area (Å²) in [5.41, 5.74) is 4.65. The molecule has 0 atom stereocenters. The average Bonchev–Trinajstić information content (AvgIpc) is 3.54. The molecule has 0 aromatic heterocycles. The number of aliphatic imine (C=N–C) groups is 1. The first-order valence-electron chi connectivity index (χ1n) is 11.2. The fourth-order valence-electron chi connectivity index (χ4n) is 3.84. The summed E-state index contributed by atoms with van der Waals surface area (Å²) in [6, 6.07) is 0. The summed E-state index contributed by atoms with van der Waals surface area (Å²) < 4.78 is 5.81. The lowest BCUT2D eigenvalue weighted by atomic mass is 9.95. The van der Waals surface area contributed by atoms with Crippen LogP contribution in [0.25, 0.3) is 0 Å². The summed E-state index contributed by atoms with van der Waals surface area (Å²) >= 11 is 0. The second kappa shape index (κ2) is 10.7. The van der Waals surface area contributed by atoms with Crippen molar-refractivity contribution < 1.29 is 9.53 Å². The van der Waals surface area contributed by atoms with E-state index in [4.69, 9.17) is 9.73 Å². The third kappa shape index (κ3) is 6.63. The molecule has 0 unspecified atom stereocenters. The highest BCUT2D eigenvalue weighted by molar-refractivity contribution is 6.03. The quantitative estimate of drug-likeness (QED) is 0.240. The van der Waals surface area contributed by atoms with Gasteiger partial charge >= 0.3 is 0 Å². The van der Waals surface area contributed by atoms with E-state index in [9.17, 15) is 4.79 Å². The van der Waals surface area contributed by atoms with E-state index in [1.54, 1.807) is 0 Å². The molecule has 1 heterocycles. The van der Waals surface area contributed by atoms with Crippen LogP contribution >= 0.6 is 0 Å². The Hall–Kier alpha value is -2.26. The van der Waals surface area contributed by atoms with Gasteiger partial charge in [0, 0.05) is 49.4 Å². The zero-order chi connectivity index (χ0) is 22.3. The largest absolute Gasteiger partial charge is 0.465 e. The van der Waals surface area contributed by atoms with Gasteiger partial charge in [-0.05, 0) is 72.3 Å². The Balaban J connectivity index is 2.23. The predicted octanol–water partition coefficient (Wildman–Crippen LogP) is 5.11. The molecule has 0 N–H and O–H groups in total. The van der Waals surface area contributed by atoms with E-state index in [1.165, 1.54) is 29.7 Å². The standard InChI is InChI=1S/C25H39N3O2/c1-8-10-13-26-19(3)24(22(9-2)21-11-12-21)20(4)27-14-16-28(17-15-27)23(18-29)30-25(5,6)7/h9-10,13,21H,8,11-12,14-17H2,1-7H3/b13-10+,22-9-,24-20-,26-19+. The Labute approximate surface area is 182 Å². The first-order chi connectivity index (χ1) is 14.2. The number of rotatable bonds is 8. The zero-order valence-corrected chi connectivity index (χ0v) is 19.9. The first kappa shape index (κ1) is 24.0. The van der Waals surface area contributed by atoms with Crippen molar-refractivity contribution in [2.45, 2.75) is 73.3 Å². The van der Waals surface area contributed by atoms with Gasteiger partial charge in [0.05, 0.1) is 0 Å². The second-order valence-electron chi connectivity index (χ2n) is 9.08. The van der Waals surface area contributed by atoms with Gasteiger partial charge < -0.3 is 14.5 Å². The van der Waals surface area contributed by atoms with Crippen LogP contribution < -0.4 is 0 Å².